The molecule has 4 bridgehead atoms. The summed E-state index contributed by atoms with van der Waals surface area (Å²) in [7, 11) is 0. The summed E-state index contributed by atoms with van der Waals surface area (Å²) < 4.78 is 5.93. The second-order valence-corrected chi connectivity index (χ2v) is 9.09. The van der Waals surface area contributed by atoms with Crippen LogP contribution in [0.1, 0.15) is 54.4 Å². The third-order valence-corrected chi connectivity index (χ3v) is 7.00. The summed E-state index contributed by atoms with van der Waals surface area (Å²) in [5, 5.41) is 11.4. The molecule has 1 atom stereocenters. The minimum absolute atomic E-state index is 0.0487. The fourth-order valence-corrected chi connectivity index (χ4v) is 6.31. The highest BCUT2D eigenvalue weighted by Gasteiger charge is 2.57. The lowest BCUT2D eigenvalue weighted by atomic mass is 9.54. The maximum Gasteiger partial charge on any atom is 0.347 e. The molecule has 0 aliphatic heterocycles. The van der Waals surface area contributed by atoms with Crippen molar-refractivity contribution in [2.24, 2.45) is 17.8 Å². The van der Waals surface area contributed by atoms with Crippen LogP contribution >= 0.6 is 11.6 Å². The molecule has 6 rings (SSSR count). The van der Waals surface area contributed by atoms with Crippen LogP contribution in [0.2, 0.25) is 5.02 Å². The number of halogens is 1. The molecule has 5 aliphatic carbocycles. The van der Waals surface area contributed by atoms with Gasteiger partial charge in [-0.05, 0) is 80.0 Å². The molecule has 1 N–H and O–H groups in total. The molecular weight excluding hydrogens is 340 g/mol. The van der Waals surface area contributed by atoms with Gasteiger partial charge in [0, 0.05) is 17.0 Å². The Balaban J connectivity index is 1.41. The lowest BCUT2D eigenvalue weighted by Crippen LogP contribution is -2.56. The van der Waals surface area contributed by atoms with Crippen LogP contribution in [0, 0.1) is 17.8 Å². The van der Waals surface area contributed by atoms with Crippen molar-refractivity contribution in [2.75, 3.05) is 0 Å². The van der Waals surface area contributed by atoms with Gasteiger partial charge in [0.2, 0.25) is 11.4 Å². The monoisotopic (exact) mass is 360 g/mol. The Morgan fingerprint density at radius 3 is 2.32 bits per heavy atom. The van der Waals surface area contributed by atoms with E-state index in [-0.39, 0.29) is 6.42 Å². The van der Waals surface area contributed by atoms with Crippen LogP contribution in [-0.2, 0) is 16.0 Å². The first-order valence-corrected chi connectivity index (χ1v) is 9.54. The van der Waals surface area contributed by atoms with Crippen LogP contribution < -0.4 is 0 Å². The van der Waals surface area contributed by atoms with Crippen LogP contribution in [0.3, 0.4) is 0 Å². The van der Waals surface area contributed by atoms with Crippen molar-refractivity contribution < 1.29 is 19.4 Å². The zero-order chi connectivity index (χ0) is 17.4. The normalized spacial score (nSPS) is 41.0. The molecule has 0 spiro atoms. The summed E-state index contributed by atoms with van der Waals surface area (Å²) in [4.78, 5) is 25.6. The first kappa shape index (κ1) is 15.8. The summed E-state index contributed by atoms with van der Waals surface area (Å²) in [6.45, 7) is 0. The number of ether oxygens (including phenoxy) is 1. The zero-order valence-corrected chi connectivity index (χ0v) is 14.7. The van der Waals surface area contributed by atoms with Crippen LogP contribution in [-0.4, -0.2) is 28.1 Å². The van der Waals surface area contributed by atoms with E-state index >= 15 is 0 Å². The highest BCUT2D eigenvalue weighted by atomic mass is 35.5. The molecule has 0 radical (unpaired) electrons. The SMILES string of the molecule is O=C(OC12CC3CC(CC(C3)C1)C2)C1(O)Cc2cc(Cl)ccc2C1=O. The van der Waals surface area contributed by atoms with Crippen molar-refractivity contribution in [3.8, 4) is 0 Å². The summed E-state index contributed by atoms with van der Waals surface area (Å²) in [6, 6.07) is 4.83. The quantitative estimate of drug-likeness (QED) is 0.649. The summed E-state index contributed by atoms with van der Waals surface area (Å²) >= 11 is 5.98. The van der Waals surface area contributed by atoms with Crippen molar-refractivity contribution in [1.82, 2.24) is 0 Å². The number of hydrogen-bond acceptors (Lipinski definition) is 4. The van der Waals surface area contributed by atoms with Gasteiger partial charge >= 0.3 is 5.97 Å². The first-order valence-electron chi connectivity index (χ1n) is 9.16. The van der Waals surface area contributed by atoms with Crippen molar-refractivity contribution in [3.63, 3.8) is 0 Å². The topological polar surface area (TPSA) is 63.6 Å². The Morgan fingerprint density at radius 1 is 1.12 bits per heavy atom. The Hall–Kier alpha value is -1.39. The Kier molecular flexibility index (Phi) is 3.21. The van der Waals surface area contributed by atoms with Gasteiger partial charge < -0.3 is 9.84 Å². The largest absolute Gasteiger partial charge is 0.457 e. The third kappa shape index (κ3) is 2.30. The van der Waals surface area contributed by atoms with Crippen LogP contribution in [0.25, 0.3) is 0 Å². The van der Waals surface area contributed by atoms with Crippen LogP contribution in [0.5, 0.6) is 0 Å². The van der Waals surface area contributed by atoms with E-state index < -0.39 is 23.0 Å². The van der Waals surface area contributed by atoms with Crippen LogP contribution in [0.15, 0.2) is 18.2 Å². The smallest absolute Gasteiger partial charge is 0.347 e. The van der Waals surface area contributed by atoms with Gasteiger partial charge in [0.25, 0.3) is 0 Å². The minimum atomic E-state index is -2.10. The molecule has 5 aliphatic rings. The van der Waals surface area contributed by atoms with Gasteiger partial charge in [0.15, 0.2) is 0 Å². The summed E-state index contributed by atoms with van der Waals surface area (Å²) in [5.74, 6) is 0.553. The van der Waals surface area contributed by atoms with E-state index in [4.69, 9.17) is 16.3 Å². The molecule has 1 aromatic rings. The standard InChI is InChI=1S/C20H21ClO4/c21-15-1-2-16-14(6-15)10-20(24,17(16)22)18(23)25-19-7-11-3-12(8-19)5-13(4-11)9-19/h1-2,6,11-13,24H,3-5,7-10H2. The lowest BCUT2D eigenvalue weighted by Gasteiger charge is -2.56. The average molecular weight is 361 g/mol. The number of aliphatic hydroxyl groups is 1. The van der Waals surface area contributed by atoms with Gasteiger partial charge in [-0.25, -0.2) is 4.79 Å². The van der Waals surface area contributed by atoms with E-state index in [0.29, 0.717) is 33.9 Å². The van der Waals surface area contributed by atoms with Gasteiger partial charge in [-0.15, -0.1) is 0 Å². The third-order valence-electron chi connectivity index (χ3n) is 6.76. The predicted octanol–water partition coefficient (Wildman–Crippen LogP) is 3.32. The first-order chi connectivity index (χ1) is 11.9. The van der Waals surface area contributed by atoms with Gasteiger partial charge in [-0.2, -0.15) is 0 Å². The zero-order valence-electron chi connectivity index (χ0n) is 14.0. The van der Waals surface area contributed by atoms with Gasteiger partial charge in [-0.3, -0.25) is 4.79 Å². The molecule has 0 saturated heterocycles. The van der Waals surface area contributed by atoms with E-state index in [1.54, 1.807) is 18.2 Å². The number of benzene rings is 1. The number of hydrogen-bond donors (Lipinski definition) is 1. The number of rotatable bonds is 2. The maximum absolute atomic E-state index is 12.9. The molecule has 1 unspecified atom stereocenters. The minimum Gasteiger partial charge on any atom is -0.457 e. The maximum atomic E-state index is 12.9. The van der Waals surface area contributed by atoms with Gasteiger partial charge in [0.1, 0.15) is 5.60 Å². The molecule has 0 heterocycles. The van der Waals surface area contributed by atoms with Crippen LogP contribution in [0.4, 0.5) is 0 Å². The predicted molar refractivity (Wildman–Crippen MR) is 91.4 cm³/mol. The summed E-state index contributed by atoms with van der Waals surface area (Å²) in [6.07, 6.45) is 6.32. The molecule has 0 aromatic heterocycles. The second kappa shape index (κ2) is 5.08. The number of Topliss-reactive ketones (excluding diaryl/α,β-unsaturated/α-hetero) is 1. The second-order valence-electron chi connectivity index (χ2n) is 8.66. The van der Waals surface area contributed by atoms with Crippen molar-refractivity contribution in [3.05, 3.63) is 34.3 Å². The molecule has 25 heavy (non-hydrogen) atoms. The van der Waals surface area contributed by atoms with E-state index in [2.05, 4.69) is 0 Å². The van der Waals surface area contributed by atoms with E-state index in [1.807, 2.05) is 0 Å². The van der Waals surface area contributed by atoms with E-state index in [9.17, 15) is 14.7 Å². The number of carbonyl (C=O) groups excluding carboxylic acids is 2. The molecule has 132 valence electrons. The number of esters is 1. The van der Waals surface area contributed by atoms with Crippen molar-refractivity contribution >= 4 is 23.4 Å². The highest BCUT2D eigenvalue weighted by Crippen LogP contribution is 2.57. The fraction of sp³-hybridized carbons (Fsp3) is 0.600. The number of ketones is 1. The molecule has 4 nitrogen and oxygen atoms in total. The highest BCUT2D eigenvalue weighted by molar-refractivity contribution is 6.31. The Labute approximate surface area is 151 Å². The molecule has 4 saturated carbocycles. The Bertz CT molecular complexity index is 751. The van der Waals surface area contributed by atoms with Crippen molar-refractivity contribution in [2.45, 2.75) is 56.1 Å². The van der Waals surface area contributed by atoms with Crippen molar-refractivity contribution in [1.29, 1.82) is 0 Å². The summed E-state index contributed by atoms with van der Waals surface area (Å²) in [5.41, 5.74) is -1.58. The molecule has 4 fully saturated rings. The molecule has 5 heteroatoms. The molecular formula is C20H21ClO4. The van der Waals surface area contributed by atoms with E-state index in [1.165, 1.54) is 19.3 Å². The number of carbonyl (C=O) groups is 2. The average Bonchev–Trinajstić information content (AvgIpc) is 2.77. The lowest BCUT2D eigenvalue weighted by molar-refractivity contribution is -0.199. The Morgan fingerprint density at radius 2 is 1.72 bits per heavy atom. The number of fused-ring (bicyclic) bond motifs is 1. The van der Waals surface area contributed by atoms with Gasteiger partial charge in [-0.1, -0.05) is 11.6 Å². The van der Waals surface area contributed by atoms with Gasteiger partial charge in [0.05, 0.1) is 0 Å². The van der Waals surface area contributed by atoms with E-state index in [0.717, 1.165) is 19.3 Å². The molecule has 1 aromatic carbocycles. The fourth-order valence-electron chi connectivity index (χ4n) is 6.11. The molecule has 0 amide bonds.